The molecule has 1 nitrogen and oxygen atoms in total. The van der Waals surface area contributed by atoms with Crippen LogP contribution >= 0.6 is 57.4 Å². The Hall–Kier alpha value is -0.240. The minimum Gasteiger partial charge on any atom is -0.237 e. The summed E-state index contributed by atoms with van der Waals surface area (Å²) < 4.78 is 38.5. The summed E-state index contributed by atoms with van der Waals surface area (Å²) in [6.07, 6.45) is -4.54. The van der Waals surface area contributed by atoms with E-state index in [4.69, 9.17) is 34.8 Å². The molecule has 0 atom stereocenters. The Labute approximate surface area is 141 Å². The van der Waals surface area contributed by atoms with Crippen molar-refractivity contribution in [2.24, 2.45) is 0 Å². The van der Waals surface area contributed by atoms with Crippen LogP contribution in [-0.2, 0) is 6.18 Å². The number of hydrogen-bond donors (Lipinski definition) is 0. The molecule has 1 aromatic heterocycles. The predicted molar refractivity (Wildman–Crippen MR) is 82.4 cm³/mol. The van der Waals surface area contributed by atoms with Crippen LogP contribution in [0.15, 0.2) is 24.3 Å². The maximum Gasteiger partial charge on any atom is 0.433 e. The third kappa shape index (κ3) is 3.50. The van der Waals surface area contributed by atoms with Gasteiger partial charge in [-0.25, -0.2) is 4.98 Å². The average molecular weight is 452 g/mol. The van der Waals surface area contributed by atoms with Crippen LogP contribution in [0.4, 0.5) is 13.2 Å². The number of halogens is 7. The van der Waals surface area contributed by atoms with Crippen LogP contribution in [0.1, 0.15) is 5.69 Å². The summed E-state index contributed by atoms with van der Waals surface area (Å²) in [5.74, 6) is 0. The highest BCUT2D eigenvalue weighted by atomic mass is 127. The van der Waals surface area contributed by atoms with Crippen LogP contribution < -0.4 is 0 Å². The Morgan fingerprint density at radius 3 is 2.00 bits per heavy atom. The maximum atomic E-state index is 12.8. The van der Waals surface area contributed by atoms with Gasteiger partial charge in [0.1, 0.15) is 9.39 Å². The van der Waals surface area contributed by atoms with Crippen LogP contribution in [0.5, 0.6) is 0 Å². The van der Waals surface area contributed by atoms with Gasteiger partial charge in [-0.05, 0) is 52.4 Å². The third-order valence-corrected chi connectivity index (χ3v) is 3.75. The Bertz CT molecular complexity index is 650. The molecule has 0 N–H and O–H groups in total. The molecule has 0 aliphatic heterocycles. The van der Waals surface area contributed by atoms with Gasteiger partial charge in [0, 0.05) is 10.6 Å². The second kappa shape index (κ2) is 5.87. The SMILES string of the molecule is FC(F)(F)c1cc(-c2c(Cl)cc(Cl)cc2Cl)cc(I)n1. The van der Waals surface area contributed by atoms with E-state index in [1.54, 1.807) is 22.6 Å². The fraction of sp³-hybridized carbons (Fsp3) is 0.0833. The number of hydrogen-bond acceptors (Lipinski definition) is 1. The molecule has 1 heterocycles. The number of benzene rings is 1. The Kier molecular flexibility index (Phi) is 4.73. The van der Waals surface area contributed by atoms with E-state index in [1.807, 2.05) is 0 Å². The molecule has 0 saturated carbocycles. The molecule has 1 aromatic carbocycles. The monoisotopic (exact) mass is 451 g/mol. The van der Waals surface area contributed by atoms with Gasteiger partial charge in [-0.3, -0.25) is 0 Å². The van der Waals surface area contributed by atoms with Crippen molar-refractivity contribution >= 4 is 57.4 Å². The van der Waals surface area contributed by atoms with Gasteiger partial charge >= 0.3 is 6.18 Å². The second-order valence-corrected chi connectivity index (χ2v) is 6.16. The first-order chi connectivity index (χ1) is 9.18. The van der Waals surface area contributed by atoms with Gasteiger partial charge in [0.05, 0.1) is 10.0 Å². The van der Waals surface area contributed by atoms with Crippen LogP contribution in [0.2, 0.25) is 15.1 Å². The largest absolute Gasteiger partial charge is 0.433 e. The lowest BCUT2D eigenvalue weighted by molar-refractivity contribution is -0.141. The fourth-order valence-electron chi connectivity index (χ4n) is 1.60. The summed E-state index contributed by atoms with van der Waals surface area (Å²) >= 11 is 19.5. The smallest absolute Gasteiger partial charge is 0.237 e. The summed E-state index contributed by atoms with van der Waals surface area (Å²) in [5, 5.41) is 0.666. The van der Waals surface area contributed by atoms with Gasteiger partial charge in [-0.1, -0.05) is 34.8 Å². The molecule has 0 unspecified atom stereocenters. The number of alkyl halides is 3. The fourth-order valence-corrected chi connectivity index (χ4v) is 3.23. The third-order valence-electron chi connectivity index (χ3n) is 2.38. The lowest BCUT2D eigenvalue weighted by Crippen LogP contribution is -2.09. The zero-order valence-corrected chi connectivity index (χ0v) is 13.8. The molecule has 106 valence electrons. The molecule has 2 aromatic rings. The standard InChI is InChI=1S/C12H4Cl3F3IN/c13-6-3-7(14)11(8(15)4-6)5-1-9(12(16,17)18)20-10(19)2-5/h1-4H. The predicted octanol–water partition coefficient (Wildman–Crippen LogP) is 6.33. The van der Waals surface area contributed by atoms with E-state index < -0.39 is 11.9 Å². The second-order valence-electron chi connectivity index (χ2n) is 3.81. The highest BCUT2D eigenvalue weighted by molar-refractivity contribution is 14.1. The molecule has 8 heteroatoms. The van der Waals surface area contributed by atoms with Gasteiger partial charge < -0.3 is 0 Å². The van der Waals surface area contributed by atoms with Gasteiger partial charge in [0.15, 0.2) is 0 Å². The van der Waals surface area contributed by atoms with E-state index in [0.717, 1.165) is 6.07 Å². The Morgan fingerprint density at radius 2 is 1.50 bits per heavy atom. The van der Waals surface area contributed by atoms with E-state index in [-0.39, 0.29) is 19.3 Å². The van der Waals surface area contributed by atoms with Crippen LogP contribution in [0.3, 0.4) is 0 Å². The van der Waals surface area contributed by atoms with E-state index in [9.17, 15) is 13.2 Å². The Morgan fingerprint density at radius 1 is 0.950 bits per heavy atom. The van der Waals surface area contributed by atoms with Gasteiger partial charge in [0.25, 0.3) is 0 Å². The maximum absolute atomic E-state index is 12.8. The highest BCUT2D eigenvalue weighted by Crippen LogP contribution is 2.39. The zero-order chi connectivity index (χ0) is 15.1. The van der Waals surface area contributed by atoms with Gasteiger partial charge in [-0.15, -0.1) is 0 Å². The summed E-state index contributed by atoms with van der Waals surface area (Å²) in [7, 11) is 0. The first kappa shape index (κ1) is 16.1. The van der Waals surface area contributed by atoms with Crippen molar-refractivity contribution in [1.29, 1.82) is 0 Å². The quantitative estimate of drug-likeness (QED) is 0.364. The molecular formula is C12H4Cl3F3IN. The lowest BCUT2D eigenvalue weighted by Gasteiger charge is -2.12. The molecule has 0 radical (unpaired) electrons. The first-order valence-electron chi connectivity index (χ1n) is 5.08. The summed E-state index contributed by atoms with van der Waals surface area (Å²) in [6.45, 7) is 0. The molecule has 0 aliphatic carbocycles. The van der Waals surface area contributed by atoms with Crippen molar-refractivity contribution in [2.75, 3.05) is 0 Å². The topological polar surface area (TPSA) is 12.9 Å². The molecule has 0 aliphatic rings. The van der Waals surface area contributed by atoms with Gasteiger partial charge in [0.2, 0.25) is 0 Å². The number of aromatic nitrogens is 1. The summed E-state index contributed by atoms with van der Waals surface area (Å²) in [4.78, 5) is 3.46. The normalized spacial score (nSPS) is 11.8. The molecule has 2 rings (SSSR count). The Balaban J connectivity index is 2.68. The summed E-state index contributed by atoms with van der Waals surface area (Å²) in [6, 6.07) is 5.22. The number of nitrogens with zero attached hydrogens (tertiary/aromatic N) is 1. The highest BCUT2D eigenvalue weighted by Gasteiger charge is 2.33. The zero-order valence-electron chi connectivity index (χ0n) is 9.40. The number of rotatable bonds is 1. The van der Waals surface area contributed by atoms with Crippen molar-refractivity contribution in [3.05, 3.63) is 48.7 Å². The van der Waals surface area contributed by atoms with E-state index in [0.29, 0.717) is 10.6 Å². The average Bonchev–Trinajstić information content (AvgIpc) is 2.25. The molecule has 20 heavy (non-hydrogen) atoms. The molecule has 0 spiro atoms. The minimum absolute atomic E-state index is 0.178. The van der Waals surface area contributed by atoms with E-state index in [1.165, 1.54) is 18.2 Å². The van der Waals surface area contributed by atoms with E-state index >= 15 is 0 Å². The van der Waals surface area contributed by atoms with Crippen molar-refractivity contribution in [2.45, 2.75) is 6.18 Å². The minimum atomic E-state index is -4.54. The molecule has 0 amide bonds. The molecule has 0 bridgehead atoms. The van der Waals surface area contributed by atoms with Crippen molar-refractivity contribution in [3.8, 4) is 11.1 Å². The molecular weight excluding hydrogens is 448 g/mol. The van der Waals surface area contributed by atoms with Crippen molar-refractivity contribution in [1.82, 2.24) is 4.98 Å². The van der Waals surface area contributed by atoms with E-state index in [2.05, 4.69) is 4.98 Å². The summed E-state index contributed by atoms with van der Waals surface area (Å²) in [5.41, 5.74) is -0.464. The molecule has 0 saturated heterocycles. The van der Waals surface area contributed by atoms with Gasteiger partial charge in [-0.2, -0.15) is 13.2 Å². The van der Waals surface area contributed by atoms with Crippen LogP contribution in [0.25, 0.3) is 11.1 Å². The number of pyridine rings is 1. The van der Waals surface area contributed by atoms with Crippen molar-refractivity contribution in [3.63, 3.8) is 0 Å². The van der Waals surface area contributed by atoms with Crippen LogP contribution in [-0.4, -0.2) is 4.98 Å². The van der Waals surface area contributed by atoms with Crippen molar-refractivity contribution < 1.29 is 13.2 Å². The molecule has 0 fully saturated rings. The lowest BCUT2D eigenvalue weighted by atomic mass is 10.1. The first-order valence-corrected chi connectivity index (χ1v) is 7.29. The van der Waals surface area contributed by atoms with Crippen LogP contribution in [0, 0.1) is 3.70 Å².